The van der Waals surface area contributed by atoms with Gasteiger partial charge in [0.15, 0.2) is 6.04 Å². The van der Waals surface area contributed by atoms with Gasteiger partial charge in [-0.15, -0.1) is 0 Å². The van der Waals surface area contributed by atoms with E-state index >= 15 is 0 Å². The van der Waals surface area contributed by atoms with E-state index in [4.69, 9.17) is 20.7 Å². The van der Waals surface area contributed by atoms with E-state index in [9.17, 15) is 4.79 Å². The standard InChI is InChI=1S/C12H17N5O2/c1-19-9-4-2-8(3-5-9)16-12(18)17-11(7-14)10(15)6-13/h8-9,11,15H,2-5H2,1H3,(H2,16,17,18). The van der Waals surface area contributed by atoms with Gasteiger partial charge < -0.3 is 15.4 Å². The lowest BCUT2D eigenvalue weighted by atomic mass is 9.93. The molecule has 2 amide bonds. The van der Waals surface area contributed by atoms with Crippen LogP contribution in [-0.4, -0.2) is 37.0 Å². The fraction of sp³-hybridized carbons (Fsp3) is 0.667. The molecule has 0 spiro atoms. The molecule has 102 valence electrons. The minimum Gasteiger partial charge on any atom is -0.381 e. The second-order valence-corrected chi connectivity index (χ2v) is 4.41. The molecule has 0 aliphatic heterocycles. The van der Waals surface area contributed by atoms with Crippen molar-refractivity contribution in [2.24, 2.45) is 0 Å². The average molecular weight is 263 g/mol. The van der Waals surface area contributed by atoms with Crippen LogP contribution in [-0.2, 0) is 4.74 Å². The predicted molar refractivity (Wildman–Crippen MR) is 67.5 cm³/mol. The van der Waals surface area contributed by atoms with Crippen molar-refractivity contribution >= 4 is 11.7 Å². The molecule has 1 aliphatic rings. The molecule has 0 saturated heterocycles. The number of ether oxygens (including phenoxy) is 1. The van der Waals surface area contributed by atoms with Crippen molar-refractivity contribution in [3.05, 3.63) is 0 Å². The van der Waals surface area contributed by atoms with E-state index in [1.54, 1.807) is 19.2 Å². The summed E-state index contributed by atoms with van der Waals surface area (Å²) in [6, 6.07) is 1.57. The molecule has 1 fully saturated rings. The molecule has 0 radical (unpaired) electrons. The summed E-state index contributed by atoms with van der Waals surface area (Å²) in [5.74, 6) is 0. The number of hydrogen-bond donors (Lipinski definition) is 3. The highest BCUT2D eigenvalue weighted by atomic mass is 16.5. The Bertz CT molecular complexity index is 415. The van der Waals surface area contributed by atoms with Crippen molar-refractivity contribution < 1.29 is 9.53 Å². The molecule has 3 N–H and O–H groups in total. The maximum absolute atomic E-state index is 11.6. The summed E-state index contributed by atoms with van der Waals surface area (Å²) in [5, 5.41) is 29.5. The summed E-state index contributed by atoms with van der Waals surface area (Å²) >= 11 is 0. The molecule has 0 aromatic rings. The van der Waals surface area contributed by atoms with Crippen LogP contribution in [0.25, 0.3) is 0 Å². The zero-order chi connectivity index (χ0) is 14.3. The lowest BCUT2D eigenvalue weighted by molar-refractivity contribution is 0.0635. The zero-order valence-corrected chi connectivity index (χ0v) is 10.8. The van der Waals surface area contributed by atoms with Crippen LogP contribution in [0.2, 0.25) is 0 Å². The summed E-state index contributed by atoms with van der Waals surface area (Å²) in [4.78, 5) is 11.6. The van der Waals surface area contributed by atoms with Crippen molar-refractivity contribution in [2.45, 2.75) is 43.9 Å². The first-order chi connectivity index (χ1) is 9.10. The van der Waals surface area contributed by atoms with Crippen LogP contribution in [0.4, 0.5) is 4.79 Å². The average Bonchev–Trinajstić information content (AvgIpc) is 2.44. The number of nitrogens with one attached hydrogen (secondary N) is 3. The number of nitrogens with zero attached hydrogens (tertiary/aromatic N) is 2. The molecule has 1 saturated carbocycles. The Balaban J connectivity index is 2.38. The van der Waals surface area contributed by atoms with Crippen molar-refractivity contribution in [3.63, 3.8) is 0 Å². The van der Waals surface area contributed by atoms with E-state index in [0.29, 0.717) is 0 Å². The zero-order valence-electron chi connectivity index (χ0n) is 10.8. The van der Waals surface area contributed by atoms with Crippen LogP contribution in [0.5, 0.6) is 0 Å². The van der Waals surface area contributed by atoms with Gasteiger partial charge in [0.1, 0.15) is 11.8 Å². The molecule has 1 rings (SSSR count). The smallest absolute Gasteiger partial charge is 0.316 e. The molecule has 1 unspecified atom stereocenters. The molecule has 0 bridgehead atoms. The SMILES string of the molecule is COC1CCC(NC(=O)NC(C#N)C(=N)C#N)CC1. The van der Waals surface area contributed by atoms with Gasteiger partial charge in [-0.25, -0.2) is 4.79 Å². The number of urea groups is 1. The highest BCUT2D eigenvalue weighted by Crippen LogP contribution is 2.20. The maximum Gasteiger partial charge on any atom is 0.316 e. The van der Waals surface area contributed by atoms with Crippen molar-refractivity contribution in [2.75, 3.05) is 7.11 Å². The largest absolute Gasteiger partial charge is 0.381 e. The van der Waals surface area contributed by atoms with Gasteiger partial charge in [-0.05, 0) is 25.7 Å². The van der Waals surface area contributed by atoms with Gasteiger partial charge in [-0.1, -0.05) is 0 Å². The third-order valence-electron chi connectivity index (χ3n) is 3.16. The molecule has 19 heavy (non-hydrogen) atoms. The van der Waals surface area contributed by atoms with Crippen LogP contribution in [0.15, 0.2) is 0 Å². The third kappa shape index (κ3) is 4.57. The lowest BCUT2D eigenvalue weighted by Crippen LogP contribution is -2.49. The number of carbonyl (C=O) groups excluding carboxylic acids is 1. The third-order valence-corrected chi connectivity index (χ3v) is 3.16. The van der Waals surface area contributed by atoms with Crippen LogP contribution in [0.3, 0.4) is 0 Å². The summed E-state index contributed by atoms with van der Waals surface area (Å²) in [5.41, 5.74) is -0.472. The molecule has 1 aliphatic carbocycles. The number of rotatable bonds is 4. The molecule has 7 heteroatoms. The van der Waals surface area contributed by atoms with E-state index in [-0.39, 0.29) is 12.1 Å². The van der Waals surface area contributed by atoms with E-state index in [1.807, 2.05) is 0 Å². The fourth-order valence-electron chi connectivity index (χ4n) is 2.03. The highest BCUT2D eigenvalue weighted by Gasteiger charge is 2.23. The maximum atomic E-state index is 11.6. The van der Waals surface area contributed by atoms with Crippen LogP contribution >= 0.6 is 0 Å². The van der Waals surface area contributed by atoms with Crippen molar-refractivity contribution in [3.8, 4) is 12.1 Å². The van der Waals surface area contributed by atoms with Gasteiger partial charge in [0.05, 0.1) is 12.2 Å². The van der Waals surface area contributed by atoms with Gasteiger partial charge in [0.2, 0.25) is 0 Å². The normalized spacial score (nSPS) is 23.5. The van der Waals surface area contributed by atoms with Gasteiger partial charge in [0.25, 0.3) is 0 Å². The molecule has 7 nitrogen and oxygen atoms in total. The number of carbonyl (C=O) groups is 1. The second-order valence-electron chi connectivity index (χ2n) is 4.41. The Hall–Kier alpha value is -2.12. The van der Waals surface area contributed by atoms with E-state index in [2.05, 4.69) is 10.6 Å². The molecule has 0 aromatic heterocycles. The molecule has 0 aromatic carbocycles. The Labute approximate surface area is 112 Å². The highest BCUT2D eigenvalue weighted by molar-refractivity contribution is 6.03. The van der Waals surface area contributed by atoms with Gasteiger partial charge in [0, 0.05) is 13.2 Å². The number of amides is 2. The Morgan fingerprint density at radius 1 is 1.37 bits per heavy atom. The van der Waals surface area contributed by atoms with Crippen LogP contribution < -0.4 is 10.6 Å². The number of methoxy groups -OCH3 is 1. The molecule has 0 heterocycles. The van der Waals surface area contributed by atoms with E-state index < -0.39 is 17.8 Å². The summed E-state index contributed by atoms with van der Waals surface area (Å²) in [6.45, 7) is 0. The number of nitriles is 2. The molecular weight excluding hydrogens is 246 g/mol. The summed E-state index contributed by atoms with van der Waals surface area (Å²) in [7, 11) is 1.68. The Kier molecular flexibility index (Phi) is 5.77. The van der Waals surface area contributed by atoms with Gasteiger partial charge in [-0.2, -0.15) is 10.5 Å². The predicted octanol–water partition coefficient (Wildman–Crippen LogP) is 0.679. The minimum absolute atomic E-state index is 0.0435. The van der Waals surface area contributed by atoms with Crippen LogP contribution in [0.1, 0.15) is 25.7 Å². The summed E-state index contributed by atoms with van der Waals surface area (Å²) < 4.78 is 5.24. The second kappa shape index (κ2) is 7.34. The van der Waals surface area contributed by atoms with E-state index in [0.717, 1.165) is 25.7 Å². The van der Waals surface area contributed by atoms with Crippen LogP contribution in [0, 0.1) is 28.1 Å². The lowest BCUT2D eigenvalue weighted by Gasteiger charge is -2.28. The topological polar surface area (TPSA) is 122 Å². The first-order valence-corrected chi connectivity index (χ1v) is 6.08. The van der Waals surface area contributed by atoms with Crippen molar-refractivity contribution in [1.29, 1.82) is 15.9 Å². The van der Waals surface area contributed by atoms with E-state index in [1.165, 1.54) is 0 Å². The molecular formula is C12H17N5O2. The fourth-order valence-corrected chi connectivity index (χ4v) is 2.03. The Morgan fingerprint density at radius 2 is 2.00 bits per heavy atom. The first kappa shape index (κ1) is 14.9. The first-order valence-electron chi connectivity index (χ1n) is 6.08. The van der Waals surface area contributed by atoms with Crippen molar-refractivity contribution in [1.82, 2.24) is 10.6 Å². The molecule has 1 atom stereocenters. The monoisotopic (exact) mass is 263 g/mol. The Morgan fingerprint density at radius 3 is 2.47 bits per heavy atom. The number of hydrogen-bond acceptors (Lipinski definition) is 5. The van der Waals surface area contributed by atoms with Gasteiger partial charge >= 0.3 is 6.03 Å². The quantitative estimate of drug-likeness (QED) is 0.645. The minimum atomic E-state index is -1.19. The van der Waals surface area contributed by atoms with Gasteiger partial charge in [-0.3, -0.25) is 5.41 Å². The summed E-state index contributed by atoms with van der Waals surface area (Å²) in [6.07, 6.45) is 3.66.